The smallest absolute Gasteiger partial charge is 0.157 e. The van der Waals surface area contributed by atoms with Crippen molar-refractivity contribution in [3.8, 4) is 5.69 Å². The summed E-state index contributed by atoms with van der Waals surface area (Å²) in [5.74, 6) is 0.629. The number of nitrogen functional groups attached to an aromatic ring is 1. The Bertz CT molecular complexity index is 740. The van der Waals surface area contributed by atoms with E-state index in [1.165, 1.54) is 0 Å². The lowest BCUT2D eigenvalue weighted by molar-refractivity contribution is 0.397. The summed E-state index contributed by atoms with van der Waals surface area (Å²) in [6.45, 7) is 1.78. The van der Waals surface area contributed by atoms with Gasteiger partial charge < -0.3 is 10.3 Å². The van der Waals surface area contributed by atoms with E-state index in [4.69, 9.17) is 10.3 Å². The Labute approximate surface area is 116 Å². The number of benzene rings is 1. The molecule has 0 amide bonds. The van der Waals surface area contributed by atoms with Crippen LogP contribution >= 0.6 is 0 Å². The largest absolute Gasteiger partial charge is 0.394 e. The van der Waals surface area contributed by atoms with Crippen molar-refractivity contribution in [3.05, 3.63) is 59.7 Å². The fraction of sp³-hybridized carbons (Fsp3) is 0.0667. The fourth-order valence-corrected chi connectivity index (χ4v) is 1.84. The molecule has 3 aromatic rings. The van der Waals surface area contributed by atoms with Crippen LogP contribution in [0.25, 0.3) is 17.8 Å². The topological polar surface area (TPSA) is 69.9 Å². The molecule has 0 aliphatic heterocycles. The highest BCUT2D eigenvalue weighted by Crippen LogP contribution is 2.18. The molecule has 0 aliphatic rings. The number of aromatic nitrogens is 3. The van der Waals surface area contributed by atoms with Gasteiger partial charge in [0, 0.05) is 11.8 Å². The van der Waals surface area contributed by atoms with E-state index in [0.717, 1.165) is 11.3 Å². The van der Waals surface area contributed by atoms with E-state index in [2.05, 4.69) is 10.3 Å². The van der Waals surface area contributed by atoms with Gasteiger partial charge in [0.25, 0.3) is 0 Å². The van der Waals surface area contributed by atoms with Crippen molar-refractivity contribution < 1.29 is 4.52 Å². The zero-order valence-electron chi connectivity index (χ0n) is 11.0. The average molecular weight is 266 g/mol. The van der Waals surface area contributed by atoms with E-state index in [1.54, 1.807) is 13.1 Å². The lowest BCUT2D eigenvalue weighted by Gasteiger charge is -1.98. The van der Waals surface area contributed by atoms with Crippen molar-refractivity contribution in [1.82, 2.24) is 14.9 Å². The third-order valence-corrected chi connectivity index (χ3v) is 2.99. The highest BCUT2D eigenvalue weighted by atomic mass is 16.5. The van der Waals surface area contributed by atoms with Crippen molar-refractivity contribution in [2.24, 2.45) is 0 Å². The van der Waals surface area contributed by atoms with E-state index in [-0.39, 0.29) is 0 Å². The van der Waals surface area contributed by atoms with Gasteiger partial charge in [-0.3, -0.25) is 0 Å². The molecule has 0 bridgehead atoms. The van der Waals surface area contributed by atoms with Crippen LogP contribution in [0.4, 0.5) is 5.69 Å². The Morgan fingerprint density at radius 1 is 1.20 bits per heavy atom. The fourth-order valence-electron chi connectivity index (χ4n) is 1.84. The van der Waals surface area contributed by atoms with Crippen molar-refractivity contribution in [2.45, 2.75) is 6.92 Å². The van der Waals surface area contributed by atoms with Crippen molar-refractivity contribution in [3.63, 3.8) is 0 Å². The minimum absolute atomic E-state index is 0.566. The second kappa shape index (κ2) is 5.05. The number of para-hydroxylation sites is 1. The highest BCUT2D eigenvalue weighted by Gasteiger charge is 2.05. The molecule has 2 aromatic heterocycles. The van der Waals surface area contributed by atoms with Crippen LogP contribution in [0.15, 0.2) is 47.2 Å². The predicted molar refractivity (Wildman–Crippen MR) is 78.1 cm³/mol. The summed E-state index contributed by atoms with van der Waals surface area (Å²) in [6.07, 6.45) is 7.44. The van der Waals surface area contributed by atoms with Gasteiger partial charge in [-0.2, -0.15) is 5.10 Å². The molecule has 0 spiro atoms. The number of nitrogens with two attached hydrogens (primary N) is 1. The third kappa shape index (κ3) is 2.33. The molecule has 2 N–H and O–H groups in total. The summed E-state index contributed by atoms with van der Waals surface area (Å²) in [6, 6.07) is 9.93. The first-order valence-corrected chi connectivity index (χ1v) is 6.24. The normalized spacial score (nSPS) is 11.2. The third-order valence-electron chi connectivity index (χ3n) is 2.99. The first-order valence-electron chi connectivity index (χ1n) is 6.24. The maximum atomic E-state index is 5.83. The summed E-state index contributed by atoms with van der Waals surface area (Å²) in [7, 11) is 0. The first-order chi connectivity index (χ1) is 9.74. The maximum absolute atomic E-state index is 5.83. The molecule has 0 unspecified atom stereocenters. The van der Waals surface area contributed by atoms with Crippen LogP contribution in [0.1, 0.15) is 17.0 Å². The van der Waals surface area contributed by atoms with Crippen LogP contribution in [0.5, 0.6) is 0 Å². The van der Waals surface area contributed by atoms with Gasteiger partial charge in [-0.05, 0) is 31.2 Å². The number of anilines is 1. The first kappa shape index (κ1) is 12.2. The lowest BCUT2D eigenvalue weighted by atomic mass is 10.2. The molecule has 100 valence electrons. The van der Waals surface area contributed by atoms with E-state index < -0.39 is 0 Å². The number of aryl methyl sites for hydroxylation is 1. The molecule has 0 atom stereocenters. The maximum Gasteiger partial charge on any atom is 0.157 e. The minimum Gasteiger partial charge on any atom is -0.394 e. The summed E-state index contributed by atoms with van der Waals surface area (Å²) in [5.41, 5.74) is 9.02. The van der Waals surface area contributed by atoms with Gasteiger partial charge in [-0.25, -0.2) is 4.68 Å². The summed E-state index contributed by atoms with van der Waals surface area (Å²) in [5, 5.41) is 8.20. The van der Waals surface area contributed by atoms with E-state index in [0.29, 0.717) is 17.1 Å². The zero-order valence-corrected chi connectivity index (χ0v) is 11.0. The number of hydrogen-bond donors (Lipinski definition) is 1. The second-order valence-corrected chi connectivity index (χ2v) is 4.42. The van der Waals surface area contributed by atoms with Crippen LogP contribution in [0.2, 0.25) is 0 Å². The molecule has 0 aliphatic carbocycles. The second-order valence-electron chi connectivity index (χ2n) is 4.42. The quantitative estimate of drug-likeness (QED) is 0.791. The molecule has 1 aromatic carbocycles. The van der Waals surface area contributed by atoms with Crippen LogP contribution in [-0.4, -0.2) is 14.9 Å². The molecule has 0 fully saturated rings. The van der Waals surface area contributed by atoms with E-state index >= 15 is 0 Å². The standard InChI is InChI=1S/C15H14N4O/c1-11-15(16)14(18-20-11)8-7-12-9-17-19(10-12)13-5-3-2-4-6-13/h2-10H,16H2,1H3. The van der Waals surface area contributed by atoms with E-state index in [9.17, 15) is 0 Å². The predicted octanol–water partition coefficient (Wildman–Crippen LogP) is 2.92. The molecule has 5 heteroatoms. The SMILES string of the molecule is Cc1onc(C=Cc2cnn(-c3ccccc3)c2)c1N. The highest BCUT2D eigenvalue weighted by molar-refractivity contribution is 5.73. The monoisotopic (exact) mass is 266 g/mol. The van der Waals surface area contributed by atoms with Gasteiger partial charge in [0.15, 0.2) is 5.76 Å². The number of hydrogen-bond acceptors (Lipinski definition) is 4. The zero-order chi connectivity index (χ0) is 13.9. The van der Waals surface area contributed by atoms with Gasteiger partial charge in [-0.1, -0.05) is 23.4 Å². The molecule has 3 rings (SSSR count). The Morgan fingerprint density at radius 2 is 2.00 bits per heavy atom. The van der Waals surface area contributed by atoms with Crippen LogP contribution in [-0.2, 0) is 0 Å². The minimum atomic E-state index is 0.566. The summed E-state index contributed by atoms with van der Waals surface area (Å²) in [4.78, 5) is 0. The molecule has 0 saturated heterocycles. The Kier molecular flexibility index (Phi) is 3.09. The molecule has 5 nitrogen and oxygen atoms in total. The van der Waals surface area contributed by atoms with Crippen LogP contribution in [0, 0.1) is 6.92 Å². The Morgan fingerprint density at radius 3 is 2.70 bits per heavy atom. The molecule has 0 saturated carbocycles. The molecule has 0 radical (unpaired) electrons. The Hall–Kier alpha value is -2.82. The summed E-state index contributed by atoms with van der Waals surface area (Å²) >= 11 is 0. The van der Waals surface area contributed by atoms with Crippen LogP contribution < -0.4 is 5.73 Å². The van der Waals surface area contributed by atoms with Crippen LogP contribution in [0.3, 0.4) is 0 Å². The van der Waals surface area contributed by atoms with Gasteiger partial charge in [-0.15, -0.1) is 0 Å². The summed E-state index contributed by atoms with van der Waals surface area (Å²) < 4.78 is 6.83. The van der Waals surface area contributed by atoms with Gasteiger partial charge in [0.05, 0.1) is 11.9 Å². The van der Waals surface area contributed by atoms with Gasteiger partial charge in [0.2, 0.25) is 0 Å². The van der Waals surface area contributed by atoms with Crippen molar-refractivity contribution >= 4 is 17.8 Å². The number of rotatable bonds is 3. The van der Waals surface area contributed by atoms with E-state index in [1.807, 2.05) is 53.4 Å². The van der Waals surface area contributed by atoms with Gasteiger partial charge in [0.1, 0.15) is 11.4 Å². The van der Waals surface area contributed by atoms with Crippen molar-refractivity contribution in [2.75, 3.05) is 5.73 Å². The lowest BCUT2D eigenvalue weighted by Crippen LogP contribution is -1.92. The Balaban J connectivity index is 1.83. The molecule has 20 heavy (non-hydrogen) atoms. The molecule has 2 heterocycles. The number of nitrogens with zero attached hydrogens (tertiary/aromatic N) is 3. The average Bonchev–Trinajstić information content (AvgIpc) is 3.07. The van der Waals surface area contributed by atoms with Gasteiger partial charge >= 0.3 is 0 Å². The molecular formula is C15H14N4O. The molecular weight excluding hydrogens is 252 g/mol. The van der Waals surface area contributed by atoms with Crippen molar-refractivity contribution in [1.29, 1.82) is 0 Å².